The van der Waals surface area contributed by atoms with Crippen LogP contribution in [0.1, 0.15) is 12.5 Å². The molecule has 2 rings (SSSR count). The number of anilines is 1. The first kappa shape index (κ1) is 12.4. The molecule has 0 saturated carbocycles. The SMILES string of the molecule is CCc1cc(-c2cc(NC)ncn2)ccc1OC. The maximum Gasteiger partial charge on any atom is 0.129 e. The highest BCUT2D eigenvalue weighted by Crippen LogP contribution is 2.26. The lowest BCUT2D eigenvalue weighted by Gasteiger charge is -2.09. The summed E-state index contributed by atoms with van der Waals surface area (Å²) in [6, 6.07) is 8.04. The van der Waals surface area contributed by atoms with Crippen molar-refractivity contribution in [1.82, 2.24) is 9.97 Å². The zero-order valence-electron chi connectivity index (χ0n) is 10.9. The molecule has 0 bridgehead atoms. The van der Waals surface area contributed by atoms with E-state index < -0.39 is 0 Å². The molecule has 0 aliphatic rings. The van der Waals surface area contributed by atoms with Gasteiger partial charge in [0.05, 0.1) is 12.8 Å². The maximum absolute atomic E-state index is 5.33. The van der Waals surface area contributed by atoms with Crippen molar-refractivity contribution in [1.29, 1.82) is 0 Å². The number of nitrogens with zero attached hydrogens (tertiary/aromatic N) is 2. The van der Waals surface area contributed by atoms with Crippen LogP contribution in [0, 0.1) is 0 Å². The molecule has 18 heavy (non-hydrogen) atoms. The van der Waals surface area contributed by atoms with Gasteiger partial charge in [0.1, 0.15) is 17.9 Å². The lowest BCUT2D eigenvalue weighted by atomic mass is 10.0. The van der Waals surface area contributed by atoms with E-state index in [1.54, 1.807) is 13.4 Å². The van der Waals surface area contributed by atoms with Crippen LogP contribution in [0.3, 0.4) is 0 Å². The molecule has 0 atom stereocenters. The summed E-state index contributed by atoms with van der Waals surface area (Å²) in [6.07, 6.45) is 2.50. The maximum atomic E-state index is 5.33. The summed E-state index contributed by atoms with van der Waals surface area (Å²) in [5.74, 6) is 1.73. The Kier molecular flexibility index (Phi) is 3.77. The zero-order valence-corrected chi connectivity index (χ0v) is 10.9. The van der Waals surface area contributed by atoms with Crippen LogP contribution < -0.4 is 10.1 Å². The number of ether oxygens (including phenoxy) is 1. The third-order valence-corrected chi connectivity index (χ3v) is 2.88. The van der Waals surface area contributed by atoms with Gasteiger partial charge in [0.15, 0.2) is 0 Å². The lowest BCUT2D eigenvalue weighted by Crippen LogP contribution is -1.95. The van der Waals surface area contributed by atoms with Gasteiger partial charge in [-0.15, -0.1) is 0 Å². The van der Waals surface area contributed by atoms with Crippen LogP contribution in [0.2, 0.25) is 0 Å². The number of methoxy groups -OCH3 is 1. The fourth-order valence-electron chi connectivity index (χ4n) is 1.87. The van der Waals surface area contributed by atoms with E-state index in [4.69, 9.17) is 4.74 Å². The van der Waals surface area contributed by atoms with Crippen LogP contribution >= 0.6 is 0 Å². The Bertz CT molecular complexity index is 540. The summed E-state index contributed by atoms with van der Waals surface area (Å²) in [5, 5.41) is 3.01. The van der Waals surface area contributed by atoms with Gasteiger partial charge in [-0.25, -0.2) is 9.97 Å². The van der Waals surface area contributed by atoms with Crippen LogP contribution in [-0.4, -0.2) is 24.1 Å². The molecule has 0 amide bonds. The Hall–Kier alpha value is -2.10. The average Bonchev–Trinajstić information content (AvgIpc) is 2.46. The number of hydrogen-bond donors (Lipinski definition) is 1. The molecule has 0 unspecified atom stereocenters. The minimum absolute atomic E-state index is 0.814. The standard InChI is InChI=1S/C14H17N3O/c1-4-10-7-11(5-6-13(10)18-3)12-8-14(15-2)17-9-16-12/h5-9H,4H2,1-3H3,(H,15,16,17). The minimum Gasteiger partial charge on any atom is -0.496 e. The van der Waals surface area contributed by atoms with E-state index in [-0.39, 0.29) is 0 Å². The Morgan fingerprint density at radius 1 is 1.22 bits per heavy atom. The number of aryl methyl sites for hydroxylation is 1. The summed E-state index contributed by atoms with van der Waals surface area (Å²) in [6.45, 7) is 2.11. The molecule has 4 nitrogen and oxygen atoms in total. The Labute approximate surface area is 107 Å². The smallest absolute Gasteiger partial charge is 0.129 e. The third kappa shape index (κ3) is 2.42. The average molecular weight is 243 g/mol. The number of rotatable bonds is 4. The van der Waals surface area contributed by atoms with Crippen LogP contribution in [0.25, 0.3) is 11.3 Å². The van der Waals surface area contributed by atoms with Gasteiger partial charge in [-0.3, -0.25) is 0 Å². The highest BCUT2D eigenvalue weighted by atomic mass is 16.5. The number of benzene rings is 1. The Balaban J connectivity index is 2.43. The Morgan fingerprint density at radius 3 is 2.72 bits per heavy atom. The second-order valence-corrected chi connectivity index (χ2v) is 3.92. The predicted octanol–water partition coefficient (Wildman–Crippen LogP) is 2.76. The van der Waals surface area contributed by atoms with Crippen molar-refractivity contribution in [2.24, 2.45) is 0 Å². The second-order valence-electron chi connectivity index (χ2n) is 3.92. The minimum atomic E-state index is 0.814. The summed E-state index contributed by atoms with van der Waals surface area (Å²) in [5.41, 5.74) is 3.16. The Morgan fingerprint density at radius 2 is 2.06 bits per heavy atom. The highest BCUT2D eigenvalue weighted by molar-refractivity contribution is 5.64. The molecule has 1 N–H and O–H groups in total. The van der Waals surface area contributed by atoms with Crippen molar-refractivity contribution in [3.63, 3.8) is 0 Å². The summed E-state index contributed by atoms with van der Waals surface area (Å²) < 4.78 is 5.33. The van der Waals surface area contributed by atoms with E-state index in [0.717, 1.165) is 29.2 Å². The normalized spacial score (nSPS) is 10.2. The first-order valence-electron chi connectivity index (χ1n) is 5.95. The fourth-order valence-corrected chi connectivity index (χ4v) is 1.87. The number of aromatic nitrogens is 2. The second kappa shape index (κ2) is 5.49. The van der Waals surface area contributed by atoms with Gasteiger partial charge in [0.25, 0.3) is 0 Å². The molecule has 0 radical (unpaired) electrons. The van der Waals surface area contributed by atoms with Crippen LogP contribution in [-0.2, 0) is 6.42 Å². The van der Waals surface area contributed by atoms with Gasteiger partial charge in [0, 0.05) is 18.7 Å². The molecular weight excluding hydrogens is 226 g/mol. The first-order valence-corrected chi connectivity index (χ1v) is 5.95. The fraction of sp³-hybridized carbons (Fsp3) is 0.286. The van der Waals surface area contributed by atoms with Crippen molar-refractivity contribution in [2.75, 3.05) is 19.5 Å². The number of hydrogen-bond acceptors (Lipinski definition) is 4. The molecule has 0 aliphatic carbocycles. The zero-order chi connectivity index (χ0) is 13.0. The molecule has 94 valence electrons. The molecular formula is C14H17N3O. The van der Waals surface area contributed by atoms with Crippen molar-refractivity contribution in [3.8, 4) is 17.0 Å². The number of nitrogens with one attached hydrogen (secondary N) is 1. The molecule has 4 heteroatoms. The van der Waals surface area contributed by atoms with E-state index in [9.17, 15) is 0 Å². The monoisotopic (exact) mass is 243 g/mol. The molecule has 0 spiro atoms. The molecule has 2 aromatic rings. The quantitative estimate of drug-likeness (QED) is 0.897. The highest BCUT2D eigenvalue weighted by Gasteiger charge is 2.06. The van der Waals surface area contributed by atoms with Gasteiger partial charge >= 0.3 is 0 Å². The van der Waals surface area contributed by atoms with Crippen LogP contribution in [0.15, 0.2) is 30.6 Å². The molecule has 0 fully saturated rings. The molecule has 0 saturated heterocycles. The largest absolute Gasteiger partial charge is 0.496 e. The predicted molar refractivity (Wildman–Crippen MR) is 72.9 cm³/mol. The van der Waals surface area contributed by atoms with E-state index in [0.29, 0.717) is 0 Å². The lowest BCUT2D eigenvalue weighted by molar-refractivity contribution is 0.410. The van der Waals surface area contributed by atoms with E-state index in [2.05, 4.69) is 28.3 Å². The molecule has 1 heterocycles. The van der Waals surface area contributed by atoms with Crippen molar-refractivity contribution in [3.05, 3.63) is 36.2 Å². The van der Waals surface area contributed by atoms with Gasteiger partial charge in [-0.2, -0.15) is 0 Å². The summed E-state index contributed by atoms with van der Waals surface area (Å²) in [4.78, 5) is 8.41. The third-order valence-electron chi connectivity index (χ3n) is 2.88. The molecule has 0 aliphatic heterocycles. The van der Waals surface area contributed by atoms with Crippen molar-refractivity contribution in [2.45, 2.75) is 13.3 Å². The van der Waals surface area contributed by atoms with Crippen molar-refractivity contribution < 1.29 is 4.74 Å². The topological polar surface area (TPSA) is 47.0 Å². The van der Waals surface area contributed by atoms with E-state index in [1.807, 2.05) is 25.2 Å². The van der Waals surface area contributed by atoms with Crippen LogP contribution in [0.5, 0.6) is 5.75 Å². The summed E-state index contributed by atoms with van der Waals surface area (Å²) >= 11 is 0. The van der Waals surface area contributed by atoms with E-state index >= 15 is 0 Å². The molecule has 1 aromatic heterocycles. The van der Waals surface area contributed by atoms with Gasteiger partial charge in [0.2, 0.25) is 0 Å². The summed E-state index contributed by atoms with van der Waals surface area (Å²) in [7, 11) is 3.54. The van der Waals surface area contributed by atoms with Crippen LogP contribution in [0.4, 0.5) is 5.82 Å². The van der Waals surface area contributed by atoms with Gasteiger partial charge in [-0.1, -0.05) is 6.92 Å². The van der Waals surface area contributed by atoms with Gasteiger partial charge in [-0.05, 0) is 30.2 Å². The van der Waals surface area contributed by atoms with E-state index in [1.165, 1.54) is 5.56 Å². The van der Waals surface area contributed by atoms with Gasteiger partial charge < -0.3 is 10.1 Å². The molecule has 1 aromatic carbocycles. The van der Waals surface area contributed by atoms with Crippen molar-refractivity contribution >= 4 is 5.82 Å². The first-order chi connectivity index (χ1) is 8.78.